The molecule has 0 atom stereocenters. The summed E-state index contributed by atoms with van der Waals surface area (Å²) in [6.45, 7) is 9.05. The summed E-state index contributed by atoms with van der Waals surface area (Å²) >= 11 is 0. The third kappa shape index (κ3) is 11.3. The van der Waals surface area contributed by atoms with E-state index in [1.807, 2.05) is 27.7 Å². The molecule has 0 aliphatic heterocycles. The van der Waals surface area contributed by atoms with E-state index in [-0.39, 0.29) is 41.5 Å². The summed E-state index contributed by atoms with van der Waals surface area (Å²) in [6.07, 6.45) is 0.423. The number of ether oxygens (including phenoxy) is 1. The molecule has 3 N–H and O–H groups in total. The van der Waals surface area contributed by atoms with Crippen molar-refractivity contribution in [1.29, 1.82) is 0 Å². The lowest BCUT2D eigenvalue weighted by Crippen LogP contribution is -2.46. The molecule has 0 unspecified atom stereocenters. The minimum absolute atomic E-state index is 0. The Labute approximate surface area is 139 Å². The molecule has 120 valence electrons. The summed E-state index contributed by atoms with van der Waals surface area (Å²) in [5, 5.41) is 9.09. The minimum Gasteiger partial charge on any atom is -0.377 e. The van der Waals surface area contributed by atoms with E-state index in [9.17, 15) is 4.79 Å². The monoisotopic (exact) mass is 400 g/mol. The number of hydrogen-bond donors (Lipinski definition) is 3. The fraction of sp³-hybridized carbons (Fsp3) is 0.846. The highest BCUT2D eigenvalue weighted by Crippen LogP contribution is 2.04. The first-order valence-corrected chi connectivity index (χ1v) is 6.59. The number of nitrogens with one attached hydrogen (secondary N) is 3. The van der Waals surface area contributed by atoms with Gasteiger partial charge in [-0.05, 0) is 27.7 Å². The van der Waals surface area contributed by atoms with Crippen LogP contribution in [-0.4, -0.2) is 50.8 Å². The number of halogens is 1. The number of methoxy groups -OCH3 is 1. The van der Waals surface area contributed by atoms with Crippen LogP contribution in [0.2, 0.25) is 0 Å². The number of aliphatic imine (C=N–C) groups is 1. The number of guanidine groups is 1. The highest BCUT2D eigenvalue weighted by molar-refractivity contribution is 14.0. The molecule has 0 bridgehead atoms. The van der Waals surface area contributed by atoms with Gasteiger partial charge in [-0.3, -0.25) is 9.79 Å². The number of hydrogen-bond acceptors (Lipinski definition) is 3. The van der Waals surface area contributed by atoms with Crippen molar-refractivity contribution in [2.45, 2.75) is 45.8 Å². The van der Waals surface area contributed by atoms with Gasteiger partial charge in [-0.2, -0.15) is 0 Å². The Morgan fingerprint density at radius 2 is 1.90 bits per heavy atom. The van der Waals surface area contributed by atoms with Crippen molar-refractivity contribution in [3.8, 4) is 0 Å². The fourth-order valence-electron chi connectivity index (χ4n) is 1.28. The predicted octanol–water partition coefficient (Wildman–Crippen LogP) is 1.11. The average Bonchev–Trinajstić information content (AvgIpc) is 2.32. The third-order valence-electron chi connectivity index (χ3n) is 2.55. The standard InChI is InChI=1S/C13H28N4O2.HI/c1-10(2)17-11(18)7-8-15-12(14-5)16-9-13(3,4)19-6;/h10H,7-9H2,1-6H3,(H,17,18)(H2,14,15,16);1H. The van der Waals surface area contributed by atoms with Crippen LogP contribution in [-0.2, 0) is 9.53 Å². The van der Waals surface area contributed by atoms with Crippen LogP contribution in [0.3, 0.4) is 0 Å². The summed E-state index contributed by atoms with van der Waals surface area (Å²) in [7, 11) is 3.37. The topological polar surface area (TPSA) is 74.8 Å². The van der Waals surface area contributed by atoms with E-state index in [2.05, 4.69) is 20.9 Å². The third-order valence-corrected chi connectivity index (χ3v) is 2.55. The molecular weight excluding hydrogens is 371 g/mol. The van der Waals surface area contributed by atoms with Gasteiger partial charge < -0.3 is 20.7 Å². The molecule has 7 heteroatoms. The number of amides is 1. The van der Waals surface area contributed by atoms with Crippen LogP contribution in [0.5, 0.6) is 0 Å². The molecule has 0 radical (unpaired) electrons. The second-order valence-corrected chi connectivity index (χ2v) is 5.29. The molecular formula is C13H29IN4O2. The molecule has 0 fully saturated rings. The number of nitrogens with zero attached hydrogens (tertiary/aromatic N) is 1. The summed E-state index contributed by atoms with van der Waals surface area (Å²) in [5.41, 5.74) is -0.257. The van der Waals surface area contributed by atoms with Crippen molar-refractivity contribution in [2.24, 2.45) is 4.99 Å². The Hall–Kier alpha value is -0.570. The predicted molar refractivity (Wildman–Crippen MR) is 93.8 cm³/mol. The van der Waals surface area contributed by atoms with Gasteiger partial charge in [-0.1, -0.05) is 0 Å². The van der Waals surface area contributed by atoms with Crippen molar-refractivity contribution in [2.75, 3.05) is 27.2 Å². The van der Waals surface area contributed by atoms with Gasteiger partial charge in [-0.15, -0.1) is 24.0 Å². The van der Waals surface area contributed by atoms with Crippen LogP contribution in [0.4, 0.5) is 0 Å². The van der Waals surface area contributed by atoms with Crippen molar-refractivity contribution >= 4 is 35.8 Å². The Bertz CT molecular complexity index is 307. The van der Waals surface area contributed by atoms with E-state index < -0.39 is 0 Å². The highest BCUT2D eigenvalue weighted by atomic mass is 127. The summed E-state index contributed by atoms with van der Waals surface area (Å²) in [5.74, 6) is 0.706. The molecule has 0 rings (SSSR count). The van der Waals surface area contributed by atoms with Gasteiger partial charge in [0.15, 0.2) is 5.96 Å². The Morgan fingerprint density at radius 1 is 1.30 bits per heavy atom. The minimum atomic E-state index is -0.257. The lowest BCUT2D eigenvalue weighted by molar-refractivity contribution is -0.121. The van der Waals surface area contributed by atoms with Crippen LogP contribution in [0.25, 0.3) is 0 Å². The van der Waals surface area contributed by atoms with E-state index >= 15 is 0 Å². The molecule has 20 heavy (non-hydrogen) atoms. The SMILES string of the molecule is CN=C(NCCC(=O)NC(C)C)NCC(C)(C)OC.I. The van der Waals surface area contributed by atoms with Gasteiger partial charge in [0.2, 0.25) is 5.91 Å². The van der Waals surface area contributed by atoms with Crippen molar-refractivity contribution in [3.05, 3.63) is 0 Å². The smallest absolute Gasteiger partial charge is 0.221 e. The Balaban J connectivity index is 0. The lowest BCUT2D eigenvalue weighted by Gasteiger charge is -2.24. The molecule has 0 saturated carbocycles. The summed E-state index contributed by atoms with van der Waals surface area (Å²) < 4.78 is 5.31. The highest BCUT2D eigenvalue weighted by Gasteiger charge is 2.16. The van der Waals surface area contributed by atoms with Crippen LogP contribution in [0.1, 0.15) is 34.1 Å². The summed E-state index contributed by atoms with van der Waals surface area (Å²) in [4.78, 5) is 15.5. The van der Waals surface area contributed by atoms with Crippen molar-refractivity contribution < 1.29 is 9.53 Å². The van der Waals surface area contributed by atoms with E-state index in [4.69, 9.17) is 4.74 Å². The Morgan fingerprint density at radius 3 is 2.35 bits per heavy atom. The van der Waals surface area contributed by atoms with Gasteiger partial charge in [0.25, 0.3) is 0 Å². The van der Waals surface area contributed by atoms with Gasteiger partial charge in [0.1, 0.15) is 0 Å². The number of rotatable bonds is 7. The maximum absolute atomic E-state index is 11.5. The van der Waals surface area contributed by atoms with Crippen LogP contribution in [0.15, 0.2) is 4.99 Å². The zero-order valence-corrected chi connectivity index (χ0v) is 15.7. The van der Waals surface area contributed by atoms with E-state index in [0.717, 1.165) is 0 Å². The molecule has 6 nitrogen and oxygen atoms in total. The molecule has 0 aliphatic carbocycles. The summed E-state index contributed by atoms with van der Waals surface area (Å²) in [6, 6.07) is 0.174. The van der Waals surface area contributed by atoms with Gasteiger partial charge in [0, 0.05) is 39.7 Å². The van der Waals surface area contributed by atoms with Crippen molar-refractivity contribution in [1.82, 2.24) is 16.0 Å². The average molecular weight is 400 g/mol. The molecule has 1 amide bonds. The fourth-order valence-corrected chi connectivity index (χ4v) is 1.28. The molecule has 0 aromatic rings. The Kier molecular flexibility index (Phi) is 12.1. The molecule has 0 saturated heterocycles. The first-order valence-electron chi connectivity index (χ1n) is 6.59. The lowest BCUT2D eigenvalue weighted by atomic mass is 10.1. The zero-order valence-electron chi connectivity index (χ0n) is 13.4. The molecule has 0 heterocycles. The first kappa shape index (κ1) is 21.7. The zero-order chi connectivity index (χ0) is 14.9. The van der Waals surface area contributed by atoms with Gasteiger partial charge >= 0.3 is 0 Å². The quantitative estimate of drug-likeness (QED) is 0.340. The van der Waals surface area contributed by atoms with Gasteiger partial charge in [0.05, 0.1) is 5.60 Å². The molecule has 0 aromatic carbocycles. The van der Waals surface area contributed by atoms with Crippen LogP contribution >= 0.6 is 24.0 Å². The number of carbonyl (C=O) groups excluding carboxylic acids is 1. The normalized spacial score (nSPS) is 11.8. The molecule has 0 aliphatic rings. The number of carbonyl (C=O) groups is 1. The van der Waals surface area contributed by atoms with E-state index in [1.54, 1.807) is 14.2 Å². The second-order valence-electron chi connectivity index (χ2n) is 5.29. The van der Waals surface area contributed by atoms with E-state index in [0.29, 0.717) is 25.5 Å². The maximum Gasteiger partial charge on any atom is 0.221 e. The van der Waals surface area contributed by atoms with Gasteiger partial charge in [-0.25, -0.2) is 0 Å². The van der Waals surface area contributed by atoms with Crippen LogP contribution < -0.4 is 16.0 Å². The first-order chi connectivity index (χ1) is 8.80. The van der Waals surface area contributed by atoms with Crippen molar-refractivity contribution in [3.63, 3.8) is 0 Å². The molecule has 0 spiro atoms. The molecule has 0 aromatic heterocycles. The largest absolute Gasteiger partial charge is 0.377 e. The van der Waals surface area contributed by atoms with E-state index in [1.165, 1.54) is 0 Å². The van der Waals surface area contributed by atoms with Crippen LogP contribution in [0, 0.1) is 0 Å². The maximum atomic E-state index is 11.5. The second kappa shape index (κ2) is 11.1.